The monoisotopic (exact) mass is 411 g/mol. The van der Waals surface area contributed by atoms with Gasteiger partial charge in [-0.25, -0.2) is 8.42 Å². The van der Waals surface area contributed by atoms with E-state index in [1.54, 1.807) is 15.9 Å². The number of aryl methyl sites for hydroxylation is 1. The second-order valence-corrected chi connectivity index (χ2v) is 9.04. The molecule has 2 heterocycles. The van der Waals surface area contributed by atoms with E-state index in [0.717, 1.165) is 29.3 Å². The van der Waals surface area contributed by atoms with Gasteiger partial charge in [-0.15, -0.1) is 0 Å². The topological polar surface area (TPSA) is 55.2 Å². The SMILES string of the molecule is Cc1nn(Cc2ccc(Br)cc2)c(C)c1S(=O)(=O)N1CCCCC1. The minimum Gasteiger partial charge on any atom is -0.264 e. The predicted molar refractivity (Wildman–Crippen MR) is 97.6 cm³/mol. The van der Waals surface area contributed by atoms with Crippen LogP contribution < -0.4 is 0 Å². The van der Waals surface area contributed by atoms with E-state index in [-0.39, 0.29) is 0 Å². The van der Waals surface area contributed by atoms with Crippen LogP contribution in [-0.4, -0.2) is 35.6 Å². The molecule has 2 aromatic rings. The second kappa shape index (κ2) is 6.98. The molecule has 1 aliphatic heterocycles. The lowest BCUT2D eigenvalue weighted by Gasteiger charge is -2.26. The fraction of sp³-hybridized carbons (Fsp3) is 0.471. The van der Waals surface area contributed by atoms with Crippen LogP contribution >= 0.6 is 15.9 Å². The molecule has 0 amide bonds. The Bertz CT molecular complexity index is 822. The number of nitrogens with zero attached hydrogens (tertiary/aromatic N) is 3. The molecule has 24 heavy (non-hydrogen) atoms. The smallest absolute Gasteiger partial charge is 0.246 e. The molecule has 1 aliphatic rings. The van der Waals surface area contributed by atoms with E-state index >= 15 is 0 Å². The van der Waals surface area contributed by atoms with Crippen LogP contribution in [0.1, 0.15) is 36.2 Å². The number of benzene rings is 1. The Kier molecular flexibility index (Phi) is 5.13. The highest BCUT2D eigenvalue weighted by Gasteiger charge is 2.31. The minimum absolute atomic E-state index is 0.376. The third-order valence-corrected chi connectivity index (χ3v) is 7.15. The van der Waals surface area contributed by atoms with Crippen LogP contribution in [0.2, 0.25) is 0 Å². The van der Waals surface area contributed by atoms with E-state index in [2.05, 4.69) is 21.0 Å². The van der Waals surface area contributed by atoms with E-state index in [0.29, 0.717) is 35.9 Å². The van der Waals surface area contributed by atoms with Gasteiger partial charge in [0.15, 0.2) is 0 Å². The summed E-state index contributed by atoms with van der Waals surface area (Å²) in [4.78, 5) is 0.376. The summed E-state index contributed by atoms with van der Waals surface area (Å²) in [5, 5.41) is 4.49. The fourth-order valence-corrected chi connectivity index (χ4v) is 5.36. The summed E-state index contributed by atoms with van der Waals surface area (Å²) in [6.07, 6.45) is 2.97. The minimum atomic E-state index is -3.46. The van der Waals surface area contributed by atoms with Crippen molar-refractivity contribution in [2.75, 3.05) is 13.1 Å². The van der Waals surface area contributed by atoms with Gasteiger partial charge in [0.25, 0.3) is 0 Å². The average molecular weight is 412 g/mol. The van der Waals surface area contributed by atoms with Crippen LogP contribution in [0.3, 0.4) is 0 Å². The Morgan fingerprint density at radius 2 is 1.71 bits per heavy atom. The third kappa shape index (κ3) is 3.43. The lowest BCUT2D eigenvalue weighted by Crippen LogP contribution is -2.36. The Balaban J connectivity index is 1.92. The van der Waals surface area contributed by atoms with Crippen LogP contribution in [0.25, 0.3) is 0 Å². The summed E-state index contributed by atoms with van der Waals surface area (Å²) in [6, 6.07) is 7.98. The molecular weight excluding hydrogens is 390 g/mol. The third-order valence-electron chi connectivity index (χ3n) is 4.47. The van der Waals surface area contributed by atoms with Crippen molar-refractivity contribution in [1.29, 1.82) is 0 Å². The number of aromatic nitrogens is 2. The molecular formula is C17H22BrN3O2S. The fourth-order valence-electron chi connectivity index (χ4n) is 3.20. The number of hydrogen-bond acceptors (Lipinski definition) is 3. The van der Waals surface area contributed by atoms with Crippen LogP contribution in [0.5, 0.6) is 0 Å². The molecule has 0 unspecified atom stereocenters. The summed E-state index contributed by atoms with van der Waals surface area (Å²) < 4.78 is 30.4. The van der Waals surface area contributed by atoms with Crippen LogP contribution in [0.15, 0.2) is 33.6 Å². The largest absolute Gasteiger partial charge is 0.264 e. The zero-order valence-corrected chi connectivity index (χ0v) is 16.4. The van der Waals surface area contributed by atoms with Gasteiger partial charge in [-0.3, -0.25) is 4.68 Å². The van der Waals surface area contributed by atoms with Gasteiger partial charge in [-0.2, -0.15) is 9.40 Å². The van der Waals surface area contributed by atoms with Crippen molar-refractivity contribution >= 4 is 26.0 Å². The van der Waals surface area contributed by atoms with Crippen molar-refractivity contribution in [3.05, 3.63) is 45.7 Å². The maximum Gasteiger partial charge on any atom is 0.246 e. The van der Waals surface area contributed by atoms with Gasteiger partial charge < -0.3 is 0 Å². The van der Waals surface area contributed by atoms with Crippen LogP contribution in [0, 0.1) is 13.8 Å². The standard InChI is InChI=1S/C17H22BrN3O2S/c1-13-17(24(22,23)20-10-4-3-5-11-20)14(2)21(19-13)12-15-6-8-16(18)9-7-15/h6-9H,3-5,10-12H2,1-2H3. The van der Waals surface area contributed by atoms with Gasteiger partial charge in [0, 0.05) is 17.6 Å². The first kappa shape index (κ1) is 17.6. The molecule has 5 nitrogen and oxygen atoms in total. The van der Waals surface area contributed by atoms with Gasteiger partial charge in [-0.05, 0) is 44.4 Å². The van der Waals surface area contributed by atoms with E-state index in [1.165, 1.54) is 0 Å². The molecule has 0 spiro atoms. The summed E-state index contributed by atoms with van der Waals surface area (Å²) in [6.45, 7) is 5.41. The van der Waals surface area contributed by atoms with Crippen molar-refractivity contribution in [2.45, 2.75) is 44.6 Å². The number of piperidine rings is 1. The van der Waals surface area contributed by atoms with Gasteiger partial charge in [0.2, 0.25) is 10.0 Å². The van der Waals surface area contributed by atoms with E-state index in [9.17, 15) is 8.42 Å². The summed E-state index contributed by atoms with van der Waals surface area (Å²) >= 11 is 3.42. The lowest BCUT2D eigenvalue weighted by molar-refractivity contribution is 0.346. The first-order valence-corrected chi connectivity index (χ1v) is 10.4. The first-order chi connectivity index (χ1) is 11.4. The zero-order chi connectivity index (χ0) is 17.3. The van der Waals surface area contributed by atoms with Crippen molar-refractivity contribution in [1.82, 2.24) is 14.1 Å². The molecule has 0 saturated carbocycles. The van der Waals surface area contributed by atoms with Crippen molar-refractivity contribution in [3.63, 3.8) is 0 Å². The molecule has 1 aromatic carbocycles. The van der Waals surface area contributed by atoms with Gasteiger partial charge in [-0.1, -0.05) is 34.5 Å². The van der Waals surface area contributed by atoms with Crippen molar-refractivity contribution < 1.29 is 8.42 Å². The van der Waals surface area contributed by atoms with Crippen molar-refractivity contribution in [3.8, 4) is 0 Å². The predicted octanol–water partition coefficient (Wildman–Crippen LogP) is 3.49. The molecule has 130 valence electrons. The highest BCUT2D eigenvalue weighted by atomic mass is 79.9. The quantitative estimate of drug-likeness (QED) is 0.773. The van der Waals surface area contributed by atoms with E-state index in [4.69, 9.17) is 0 Å². The Morgan fingerprint density at radius 3 is 2.33 bits per heavy atom. The molecule has 7 heteroatoms. The molecule has 1 fully saturated rings. The Labute approximate surface area is 151 Å². The number of halogens is 1. The number of sulfonamides is 1. The molecule has 0 atom stereocenters. The lowest BCUT2D eigenvalue weighted by atomic mass is 10.2. The Morgan fingerprint density at radius 1 is 1.08 bits per heavy atom. The molecule has 0 bridgehead atoms. The molecule has 0 N–H and O–H groups in total. The summed E-state index contributed by atoms with van der Waals surface area (Å²) in [7, 11) is -3.46. The van der Waals surface area contributed by atoms with Gasteiger partial charge in [0.1, 0.15) is 4.90 Å². The van der Waals surface area contributed by atoms with Crippen LogP contribution in [-0.2, 0) is 16.6 Å². The second-order valence-electron chi connectivity index (χ2n) is 6.25. The molecule has 1 saturated heterocycles. The maximum atomic E-state index is 13.0. The highest BCUT2D eigenvalue weighted by molar-refractivity contribution is 9.10. The van der Waals surface area contributed by atoms with Gasteiger partial charge in [0.05, 0.1) is 17.9 Å². The van der Waals surface area contributed by atoms with Crippen molar-refractivity contribution in [2.24, 2.45) is 0 Å². The number of rotatable bonds is 4. The number of hydrogen-bond donors (Lipinski definition) is 0. The summed E-state index contributed by atoms with van der Waals surface area (Å²) in [5.41, 5.74) is 2.38. The summed E-state index contributed by atoms with van der Waals surface area (Å²) in [5.74, 6) is 0. The van der Waals surface area contributed by atoms with Crippen LogP contribution in [0.4, 0.5) is 0 Å². The molecule has 3 rings (SSSR count). The zero-order valence-electron chi connectivity index (χ0n) is 14.0. The Hall–Kier alpha value is -1.18. The maximum absolute atomic E-state index is 13.0. The molecule has 0 radical (unpaired) electrons. The first-order valence-electron chi connectivity index (χ1n) is 8.18. The van der Waals surface area contributed by atoms with E-state index in [1.807, 2.05) is 31.2 Å². The highest BCUT2D eigenvalue weighted by Crippen LogP contribution is 2.26. The van der Waals surface area contributed by atoms with Gasteiger partial charge >= 0.3 is 0 Å². The van der Waals surface area contributed by atoms with E-state index < -0.39 is 10.0 Å². The molecule has 0 aliphatic carbocycles. The average Bonchev–Trinajstić information content (AvgIpc) is 2.85. The normalized spacial score (nSPS) is 16.5. The molecule has 1 aromatic heterocycles.